The highest BCUT2D eigenvalue weighted by Gasteiger charge is 2.11. The van der Waals surface area contributed by atoms with Gasteiger partial charge < -0.3 is 5.11 Å². The maximum absolute atomic E-state index is 11.2. The second kappa shape index (κ2) is 3.83. The van der Waals surface area contributed by atoms with E-state index in [4.69, 9.17) is 5.11 Å². The average molecular weight is 229 g/mol. The van der Waals surface area contributed by atoms with Crippen molar-refractivity contribution in [3.63, 3.8) is 0 Å². The molecule has 12 heavy (non-hydrogen) atoms. The van der Waals surface area contributed by atoms with E-state index in [1.54, 1.807) is 18.2 Å². The van der Waals surface area contributed by atoms with E-state index in [0.29, 0.717) is 5.56 Å². The van der Waals surface area contributed by atoms with Crippen LogP contribution in [0.2, 0.25) is 0 Å². The molecule has 0 radical (unpaired) electrons. The largest absolute Gasteiger partial charge is 0.385 e. The van der Waals surface area contributed by atoms with Gasteiger partial charge in [-0.3, -0.25) is 4.79 Å². The number of halogens is 1. The molecule has 0 spiro atoms. The standard InChI is InChI=1S/C9H9BrO2/c1-6(11)9(12)7-3-2-4-8(10)5-7/h2-6,11H,1H3/t6-/m0/s1. The molecule has 0 bridgehead atoms. The molecule has 0 saturated carbocycles. The molecule has 1 N–H and O–H groups in total. The molecule has 0 aliphatic carbocycles. The highest BCUT2D eigenvalue weighted by atomic mass is 79.9. The number of benzene rings is 1. The van der Waals surface area contributed by atoms with Crippen molar-refractivity contribution >= 4 is 21.7 Å². The Kier molecular flexibility index (Phi) is 3.00. The fraction of sp³-hybridized carbons (Fsp3) is 0.222. The molecular weight excluding hydrogens is 220 g/mol. The van der Waals surface area contributed by atoms with Gasteiger partial charge in [0.15, 0.2) is 5.78 Å². The number of rotatable bonds is 2. The van der Waals surface area contributed by atoms with Crippen LogP contribution in [0.3, 0.4) is 0 Å². The van der Waals surface area contributed by atoms with E-state index in [1.807, 2.05) is 6.07 Å². The van der Waals surface area contributed by atoms with E-state index >= 15 is 0 Å². The first kappa shape index (κ1) is 9.42. The topological polar surface area (TPSA) is 37.3 Å². The van der Waals surface area contributed by atoms with Gasteiger partial charge in [0, 0.05) is 10.0 Å². The smallest absolute Gasteiger partial charge is 0.191 e. The van der Waals surface area contributed by atoms with Gasteiger partial charge in [-0.2, -0.15) is 0 Å². The maximum atomic E-state index is 11.2. The Morgan fingerprint density at radius 2 is 2.25 bits per heavy atom. The first-order valence-electron chi connectivity index (χ1n) is 3.59. The Morgan fingerprint density at radius 3 is 2.75 bits per heavy atom. The Bertz CT molecular complexity index is 294. The molecule has 1 aromatic rings. The number of hydrogen-bond donors (Lipinski definition) is 1. The van der Waals surface area contributed by atoms with Crippen LogP contribution in [0.15, 0.2) is 28.7 Å². The third-order valence-corrected chi connectivity index (χ3v) is 1.98. The lowest BCUT2D eigenvalue weighted by Gasteiger charge is -2.02. The molecule has 2 nitrogen and oxygen atoms in total. The number of carbonyl (C=O) groups excluding carboxylic acids is 1. The van der Waals surface area contributed by atoms with Gasteiger partial charge in [-0.25, -0.2) is 0 Å². The SMILES string of the molecule is C[C@H](O)C(=O)c1cccc(Br)c1. The van der Waals surface area contributed by atoms with E-state index in [2.05, 4.69) is 15.9 Å². The molecule has 0 unspecified atom stereocenters. The molecule has 0 amide bonds. The molecule has 0 fully saturated rings. The summed E-state index contributed by atoms with van der Waals surface area (Å²) in [5.41, 5.74) is 0.527. The van der Waals surface area contributed by atoms with Gasteiger partial charge in [-0.05, 0) is 19.1 Å². The van der Waals surface area contributed by atoms with Crippen molar-refractivity contribution in [2.24, 2.45) is 0 Å². The minimum Gasteiger partial charge on any atom is -0.385 e. The first-order valence-corrected chi connectivity index (χ1v) is 4.38. The lowest BCUT2D eigenvalue weighted by Crippen LogP contribution is -2.15. The van der Waals surface area contributed by atoms with Crippen molar-refractivity contribution < 1.29 is 9.90 Å². The second-order valence-corrected chi connectivity index (χ2v) is 3.47. The second-order valence-electron chi connectivity index (χ2n) is 2.55. The summed E-state index contributed by atoms with van der Waals surface area (Å²) in [6, 6.07) is 6.97. The predicted molar refractivity (Wildman–Crippen MR) is 50.2 cm³/mol. The summed E-state index contributed by atoms with van der Waals surface area (Å²) < 4.78 is 0.842. The Balaban J connectivity index is 2.96. The third-order valence-electron chi connectivity index (χ3n) is 1.49. The first-order chi connectivity index (χ1) is 5.61. The van der Waals surface area contributed by atoms with Gasteiger partial charge in [0.1, 0.15) is 6.10 Å². The molecule has 0 aromatic heterocycles. The number of carbonyl (C=O) groups is 1. The lowest BCUT2D eigenvalue weighted by atomic mass is 10.1. The highest BCUT2D eigenvalue weighted by Crippen LogP contribution is 2.12. The predicted octanol–water partition coefficient (Wildman–Crippen LogP) is 2.01. The quantitative estimate of drug-likeness (QED) is 0.787. The minimum absolute atomic E-state index is 0.253. The molecule has 0 saturated heterocycles. The normalized spacial score (nSPS) is 12.6. The van der Waals surface area contributed by atoms with Gasteiger partial charge >= 0.3 is 0 Å². The Hall–Kier alpha value is -0.670. The summed E-state index contributed by atoms with van der Waals surface area (Å²) in [5, 5.41) is 9.00. The maximum Gasteiger partial charge on any atom is 0.191 e. The molecule has 1 atom stereocenters. The minimum atomic E-state index is -0.931. The lowest BCUT2D eigenvalue weighted by molar-refractivity contribution is 0.0779. The van der Waals surface area contributed by atoms with E-state index in [1.165, 1.54) is 6.92 Å². The summed E-state index contributed by atoms with van der Waals surface area (Å²) >= 11 is 3.25. The van der Waals surface area contributed by atoms with Gasteiger partial charge in [0.2, 0.25) is 0 Å². The summed E-state index contributed by atoms with van der Waals surface area (Å²) in [4.78, 5) is 11.2. The molecule has 1 rings (SSSR count). The van der Waals surface area contributed by atoms with Crippen LogP contribution in [0, 0.1) is 0 Å². The van der Waals surface area contributed by atoms with E-state index in [9.17, 15) is 4.79 Å². The van der Waals surface area contributed by atoms with Crippen molar-refractivity contribution in [1.82, 2.24) is 0 Å². The summed E-state index contributed by atoms with van der Waals surface area (Å²) in [7, 11) is 0. The molecule has 0 heterocycles. The van der Waals surface area contributed by atoms with Crippen LogP contribution in [-0.2, 0) is 0 Å². The van der Waals surface area contributed by atoms with Gasteiger partial charge in [-0.15, -0.1) is 0 Å². The van der Waals surface area contributed by atoms with Crippen molar-refractivity contribution in [2.75, 3.05) is 0 Å². The van der Waals surface area contributed by atoms with Gasteiger partial charge in [-0.1, -0.05) is 28.1 Å². The molecule has 1 aromatic carbocycles. The highest BCUT2D eigenvalue weighted by molar-refractivity contribution is 9.10. The van der Waals surface area contributed by atoms with E-state index in [-0.39, 0.29) is 5.78 Å². The van der Waals surface area contributed by atoms with Crippen molar-refractivity contribution in [1.29, 1.82) is 0 Å². The Labute approximate surface area is 79.3 Å². The number of aliphatic hydroxyl groups is 1. The van der Waals surface area contributed by atoms with Gasteiger partial charge in [0.05, 0.1) is 0 Å². The third kappa shape index (κ3) is 2.16. The average Bonchev–Trinajstić information content (AvgIpc) is 2.03. The van der Waals surface area contributed by atoms with Crippen LogP contribution in [-0.4, -0.2) is 17.0 Å². The zero-order chi connectivity index (χ0) is 9.14. The van der Waals surface area contributed by atoms with Crippen LogP contribution >= 0.6 is 15.9 Å². The number of hydrogen-bond acceptors (Lipinski definition) is 2. The van der Waals surface area contributed by atoms with Crippen molar-refractivity contribution in [3.8, 4) is 0 Å². The monoisotopic (exact) mass is 228 g/mol. The van der Waals surface area contributed by atoms with E-state index < -0.39 is 6.10 Å². The van der Waals surface area contributed by atoms with Crippen LogP contribution in [0.1, 0.15) is 17.3 Å². The summed E-state index contributed by atoms with van der Waals surface area (Å²) in [6.45, 7) is 1.46. The zero-order valence-electron chi connectivity index (χ0n) is 6.62. The summed E-state index contributed by atoms with van der Waals surface area (Å²) in [6.07, 6.45) is -0.931. The van der Waals surface area contributed by atoms with Crippen LogP contribution in [0.25, 0.3) is 0 Å². The molecular formula is C9H9BrO2. The number of ketones is 1. The fourth-order valence-electron chi connectivity index (χ4n) is 0.883. The van der Waals surface area contributed by atoms with Crippen LogP contribution in [0.5, 0.6) is 0 Å². The van der Waals surface area contributed by atoms with Crippen LogP contribution in [0.4, 0.5) is 0 Å². The number of aliphatic hydroxyl groups excluding tert-OH is 1. The molecule has 0 aliphatic rings. The fourth-order valence-corrected chi connectivity index (χ4v) is 1.28. The molecule has 3 heteroatoms. The Morgan fingerprint density at radius 1 is 1.58 bits per heavy atom. The molecule has 64 valence electrons. The van der Waals surface area contributed by atoms with Crippen molar-refractivity contribution in [3.05, 3.63) is 34.3 Å². The van der Waals surface area contributed by atoms with Crippen molar-refractivity contribution in [2.45, 2.75) is 13.0 Å². The number of Topliss-reactive ketones (excluding diaryl/α,β-unsaturated/α-hetero) is 1. The van der Waals surface area contributed by atoms with E-state index in [0.717, 1.165) is 4.47 Å². The van der Waals surface area contributed by atoms with Crippen LogP contribution < -0.4 is 0 Å². The summed E-state index contributed by atoms with van der Waals surface area (Å²) in [5.74, 6) is -0.253. The molecule has 0 aliphatic heterocycles. The zero-order valence-corrected chi connectivity index (χ0v) is 8.21. The van der Waals surface area contributed by atoms with Gasteiger partial charge in [0.25, 0.3) is 0 Å².